The van der Waals surface area contributed by atoms with Gasteiger partial charge in [0, 0.05) is 18.8 Å². The summed E-state index contributed by atoms with van der Waals surface area (Å²) in [6.45, 7) is 7.55. The molecule has 0 aliphatic rings. The third-order valence-electron chi connectivity index (χ3n) is 2.75. The van der Waals surface area contributed by atoms with E-state index >= 15 is 0 Å². The summed E-state index contributed by atoms with van der Waals surface area (Å²) in [4.78, 5) is 5.30. The Kier molecular flexibility index (Phi) is 5.40. The summed E-state index contributed by atoms with van der Waals surface area (Å²) in [6.07, 6.45) is 1.84. The molecule has 0 atom stereocenters. The predicted molar refractivity (Wildman–Crippen MR) is 84.6 cm³/mol. The van der Waals surface area contributed by atoms with Crippen molar-refractivity contribution in [3.8, 4) is 5.75 Å². The average Bonchev–Trinajstić information content (AvgIpc) is 2.81. The first-order chi connectivity index (χ1) is 9.54. The van der Waals surface area contributed by atoms with E-state index in [0.29, 0.717) is 23.4 Å². The molecule has 0 radical (unpaired) electrons. The lowest BCUT2D eigenvalue weighted by molar-refractivity contribution is 0.309. The maximum atomic E-state index is 6.25. The minimum Gasteiger partial charge on any atom is -0.486 e. The van der Waals surface area contributed by atoms with Crippen LogP contribution in [0.5, 0.6) is 5.75 Å². The molecule has 0 aliphatic heterocycles. The van der Waals surface area contributed by atoms with Crippen LogP contribution in [-0.2, 0) is 13.2 Å². The molecular weight excluding hydrogens is 292 g/mol. The first-order valence-electron chi connectivity index (χ1n) is 6.60. The van der Waals surface area contributed by atoms with Crippen molar-refractivity contribution in [2.75, 3.05) is 0 Å². The number of aryl methyl sites for hydroxylation is 1. The minimum absolute atomic E-state index is 0.458. The van der Waals surface area contributed by atoms with Gasteiger partial charge >= 0.3 is 0 Å². The van der Waals surface area contributed by atoms with Gasteiger partial charge in [0.1, 0.15) is 12.4 Å². The Labute approximate surface area is 129 Å². The molecule has 0 saturated carbocycles. The Morgan fingerprint density at radius 1 is 1.40 bits per heavy atom. The molecule has 0 bridgehead atoms. The topological polar surface area (TPSA) is 34.1 Å². The Bertz CT molecular complexity index is 569. The average molecular weight is 311 g/mol. The summed E-state index contributed by atoms with van der Waals surface area (Å²) in [5, 5.41) is 5.06. The molecule has 3 nitrogen and oxygen atoms in total. The Balaban J connectivity index is 1.95. The molecular formula is C15H19ClN2OS. The van der Waals surface area contributed by atoms with Gasteiger partial charge in [-0.3, -0.25) is 0 Å². The van der Waals surface area contributed by atoms with Gasteiger partial charge in [-0.25, -0.2) is 4.98 Å². The highest BCUT2D eigenvalue weighted by atomic mass is 35.5. The van der Waals surface area contributed by atoms with E-state index in [4.69, 9.17) is 16.3 Å². The lowest BCUT2D eigenvalue weighted by atomic mass is 10.2. The van der Waals surface area contributed by atoms with Crippen LogP contribution < -0.4 is 10.1 Å². The third kappa shape index (κ3) is 4.47. The molecule has 0 fully saturated rings. The highest BCUT2D eigenvalue weighted by molar-refractivity contribution is 7.11. The lowest BCUT2D eigenvalue weighted by Gasteiger charge is -2.11. The number of nitrogens with one attached hydrogen (secondary N) is 1. The quantitative estimate of drug-likeness (QED) is 0.869. The zero-order valence-electron chi connectivity index (χ0n) is 11.9. The van der Waals surface area contributed by atoms with Crippen LogP contribution in [0.3, 0.4) is 0 Å². The fourth-order valence-corrected chi connectivity index (χ4v) is 2.68. The van der Waals surface area contributed by atoms with Crippen LogP contribution >= 0.6 is 22.9 Å². The van der Waals surface area contributed by atoms with Gasteiger partial charge in [0.25, 0.3) is 0 Å². The molecule has 108 valence electrons. The van der Waals surface area contributed by atoms with Gasteiger partial charge < -0.3 is 10.1 Å². The number of halogens is 1. The lowest BCUT2D eigenvalue weighted by Crippen LogP contribution is -2.21. The molecule has 2 rings (SSSR count). The predicted octanol–water partition coefficient (Wildman–Crippen LogP) is 4.18. The highest BCUT2D eigenvalue weighted by Crippen LogP contribution is 2.27. The number of ether oxygens (including phenoxy) is 1. The fourth-order valence-electron chi connectivity index (χ4n) is 1.71. The number of hydrogen-bond acceptors (Lipinski definition) is 4. The maximum Gasteiger partial charge on any atom is 0.138 e. The number of hydrogen-bond donors (Lipinski definition) is 1. The van der Waals surface area contributed by atoms with Gasteiger partial charge in [-0.2, -0.15) is 0 Å². The van der Waals surface area contributed by atoms with Crippen LogP contribution in [0.4, 0.5) is 0 Å². The second kappa shape index (κ2) is 7.07. The van der Waals surface area contributed by atoms with Gasteiger partial charge in [0.2, 0.25) is 0 Å². The number of thiazole rings is 1. The second-order valence-electron chi connectivity index (χ2n) is 4.93. The SMILES string of the molecule is Cc1ncc(COc2ccc(CNC(C)C)cc2Cl)s1. The smallest absolute Gasteiger partial charge is 0.138 e. The van der Waals surface area contributed by atoms with Crippen molar-refractivity contribution in [3.05, 3.63) is 44.9 Å². The number of aromatic nitrogens is 1. The molecule has 5 heteroatoms. The van der Waals surface area contributed by atoms with Crippen LogP contribution in [0, 0.1) is 6.92 Å². The maximum absolute atomic E-state index is 6.25. The van der Waals surface area contributed by atoms with Crippen LogP contribution in [0.2, 0.25) is 5.02 Å². The van der Waals surface area contributed by atoms with Crippen LogP contribution in [0.15, 0.2) is 24.4 Å². The van der Waals surface area contributed by atoms with Crippen molar-refractivity contribution in [1.29, 1.82) is 0 Å². The summed E-state index contributed by atoms with van der Waals surface area (Å²) >= 11 is 7.89. The molecule has 1 aromatic carbocycles. The highest BCUT2D eigenvalue weighted by Gasteiger charge is 2.05. The monoisotopic (exact) mass is 310 g/mol. The van der Waals surface area contributed by atoms with E-state index in [1.165, 1.54) is 0 Å². The molecule has 1 aromatic heterocycles. The molecule has 0 unspecified atom stereocenters. The normalized spacial score (nSPS) is 11.1. The standard InChI is InChI=1S/C15H19ClN2OS/c1-10(2)17-7-12-4-5-15(14(16)6-12)19-9-13-8-18-11(3)20-13/h4-6,8,10,17H,7,9H2,1-3H3. The van der Waals surface area contributed by atoms with Gasteiger partial charge in [0.05, 0.1) is 14.9 Å². The van der Waals surface area contributed by atoms with Crippen molar-refractivity contribution in [3.63, 3.8) is 0 Å². The Morgan fingerprint density at radius 3 is 2.80 bits per heavy atom. The summed E-state index contributed by atoms with van der Waals surface area (Å²) in [7, 11) is 0. The molecule has 1 N–H and O–H groups in total. The van der Waals surface area contributed by atoms with Crippen molar-refractivity contribution in [2.24, 2.45) is 0 Å². The van der Waals surface area contributed by atoms with Crippen molar-refractivity contribution in [2.45, 2.75) is 40.0 Å². The molecule has 0 amide bonds. The summed E-state index contributed by atoms with van der Waals surface area (Å²) in [5.41, 5.74) is 1.16. The van der Waals surface area contributed by atoms with E-state index in [1.807, 2.05) is 31.3 Å². The molecule has 20 heavy (non-hydrogen) atoms. The largest absolute Gasteiger partial charge is 0.486 e. The molecule has 0 spiro atoms. The van der Waals surface area contributed by atoms with Crippen LogP contribution in [0.25, 0.3) is 0 Å². The molecule has 0 saturated heterocycles. The van der Waals surface area contributed by atoms with Gasteiger partial charge in [-0.15, -0.1) is 11.3 Å². The van der Waals surface area contributed by atoms with E-state index in [2.05, 4.69) is 24.1 Å². The molecule has 0 aliphatic carbocycles. The number of rotatable bonds is 6. The summed E-state index contributed by atoms with van der Waals surface area (Å²) < 4.78 is 5.73. The zero-order valence-corrected chi connectivity index (χ0v) is 13.5. The van der Waals surface area contributed by atoms with E-state index in [1.54, 1.807) is 11.3 Å². The van der Waals surface area contributed by atoms with Crippen LogP contribution in [-0.4, -0.2) is 11.0 Å². The zero-order chi connectivity index (χ0) is 14.5. The summed E-state index contributed by atoms with van der Waals surface area (Å²) in [5.74, 6) is 0.714. The third-order valence-corrected chi connectivity index (χ3v) is 3.93. The first kappa shape index (κ1) is 15.3. The molecule has 2 aromatic rings. The van der Waals surface area contributed by atoms with Crippen molar-refractivity contribution < 1.29 is 4.74 Å². The van der Waals surface area contributed by atoms with Crippen molar-refractivity contribution in [1.82, 2.24) is 10.3 Å². The number of benzene rings is 1. The second-order valence-corrected chi connectivity index (χ2v) is 6.66. The minimum atomic E-state index is 0.458. The van der Waals surface area contributed by atoms with Gasteiger partial charge in [-0.1, -0.05) is 31.5 Å². The van der Waals surface area contributed by atoms with E-state index < -0.39 is 0 Å². The Morgan fingerprint density at radius 2 is 2.20 bits per heavy atom. The van der Waals surface area contributed by atoms with Crippen LogP contribution in [0.1, 0.15) is 29.3 Å². The molecule has 1 heterocycles. The van der Waals surface area contributed by atoms with Crippen molar-refractivity contribution >= 4 is 22.9 Å². The fraction of sp³-hybridized carbons (Fsp3) is 0.400. The van der Waals surface area contributed by atoms with E-state index in [0.717, 1.165) is 22.0 Å². The summed E-state index contributed by atoms with van der Waals surface area (Å²) in [6, 6.07) is 6.37. The van der Waals surface area contributed by atoms with Gasteiger partial charge in [0.15, 0.2) is 0 Å². The Hall–Kier alpha value is -1.10. The van der Waals surface area contributed by atoms with E-state index in [-0.39, 0.29) is 0 Å². The van der Waals surface area contributed by atoms with Gasteiger partial charge in [-0.05, 0) is 24.6 Å². The number of nitrogens with zero attached hydrogens (tertiary/aromatic N) is 1. The van der Waals surface area contributed by atoms with E-state index in [9.17, 15) is 0 Å². The first-order valence-corrected chi connectivity index (χ1v) is 7.80.